The van der Waals surface area contributed by atoms with Gasteiger partial charge in [0.05, 0.1) is 20.3 Å². The maximum atomic E-state index is 10.1. The van der Waals surface area contributed by atoms with E-state index < -0.39 is 6.10 Å². The first-order valence-electron chi connectivity index (χ1n) is 6.37. The predicted molar refractivity (Wildman–Crippen MR) is 80.0 cm³/mol. The van der Waals surface area contributed by atoms with E-state index in [2.05, 4.69) is 0 Å². The Morgan fingerprint density at radius 2 is 1.55 bits per heavy atom. The molecule has 104 valence electrons. The second kappa shape index (κ2) is 6.78. The molecule has 0 aliphatic carbocycles. The van der Waals surface area contributed by atoms with Gasteiger partial charge in [-0.1, -0.05) is 42.5 Å². The number of rotatable bonds is 5. The highest BCUT2D eigenvalue weighted by atomic mass is 16.5. The third-order valence-corrected chi connectivity index (χ3v) is 2.99. The van der Waals surface area contributed by atoms with Crippen LogP contribution in [0.25, 0.3) is 6.08 Å². The molecule has 0 aliphatic rings. The lowest BCUT2D eigenvalue weighted by atomic mass is 10.1. The summed E-state index contributed by atoms with van der Waals surface area (Å²) in [5, 5.41) is 10.1. The quantitative estimate of drug-likeness (QED) is 0.904. The van der Waals surface area contributed by atoms with Crippen LogP contribution in [0.1, 0.15) is 17.2 Å². The molecule has 0 saturated heterocycles. The van der Waals surface area contributed by atoms with Gasteiger partial charge in [-0.25, -0.2) is 0 Å². The van der Waals surface area contributed by atoms with Crippen molar-refractivity contribution in [1.29, 1.82) is 0 Å². The summed E-state index contributed by atoms with van der Waals surface area (Å²) >= 11 is 0. The van der Waals surface area contributed by atoms with E-state index in [1.165, 1.54) is 0 Å². The molecule has 3 heteroatoms. The standard InChI is InChI=1S/C17H18O3/c1-19-15-10-13(11-16(12-15)20-2)8-9-17(18)14-6-4-3-5-7-14/h3-12,17-18H,1-2H3/b9-8+. The third kappa shape index (κ3) is 3.62. The van der Waals surface area contributed by atoms with Crippen molar-refractivity contribution in [3.05, 3.63) is 65.7 Å². The SMILES string of the molecule is COc1cc(/C=C/C(O)c2ccccc2)cc(OC)c1. The summed E-state index contributed by atoms with van der Waals surface area (Å²) in [4.78, 5) is 0. The number of aliphatic hydroxyl groups excluding tert-OH is 1. The van der Waals surface area contributed by atoms with Gasteiger partial charge < -0.3 is 14.6 Å². The van der Waals surface area contributed by atoms with Crippen LogP contribution >= 0.6 is 0 Å². The molecule has 0 spiro atoms. The Labute approximate surface area is 119 Å². The molecule has 1 N–H and O–H groups in total. The Bertz CT molecular complexity index is 554. The third-order valence-electron chi connectivity index (χ3n) is 2.99. The highest BCUT2D eigenvalue weighted by molar-refractivity contribution is 5.56. The summed E-state index contributed by atoms with van der Waals surface area (Å²) in [6.07, 6.45) is 2.96. The number of methoxy groups -OCH3 is 2. The normalized spacial score (nSPS) is 12.3. The van der Waals surface area contributed by atoms with E-state index in [1.54, 1.807) is 20.3 Å². The van der Waals surface area contributed by atoms with Crippen LogP contribution in [-0.4, -0.2) is 19.3 Å². The van der Waals surface area contributed by atoms with Crippen molar-refractivity contribution >= 4 is 6.08 Å². The van der Waals surface area contributed by atoms with Crippen molar-refractivity contribution in [3.63, 3.8) is 0 Å². The highest BCUT2D eigenvalue weighted by Gasteiger charge is 2.03. The van der Waals surface area contributed by atoms with Crippen molar-refractivity contribution in [2.75, 3.05) is 14.2 Å². The molecule has 1 unspecified atom stereocenters. The minimum absolute atomic E-state index is 0.631. The van der Waals surface area contributed by atoms with E-state index in [1.807, 2.05) is 54.6 Å². The Balaban J connectivity index is 2.18. The predicted octanol–water partition coefficient (Wildman–Crippen LogP) is 3.45. The van der Waals surface area contributed by atoms with E-state index >= 15 is 0 Å². The van der Waals surface area contributed by atoms with Crippen LogP contribution in [0.15, 0.2) is 54.6 Å². The van der Waals surface area contributed by atoms with Gasteiger partial charge in [0.15, 0.2) is 0 Å². The molecule has 20 heavy (non-hydrogen) atoms. The Kier molecular flexibility index (Phi) is 4.80. The van der Waals surface area contributed by atoms with Gasteiger partial charge >= 0.3 is 0 Å². The van der Waals surface area contributed by atoms with Crippen molar-refractivity contribution in [2.45, 2.75) is 6.10 Å². The molecule has 0 saturated carbocycles. The molecule has 2 aromatic carbocycles. The molecule has 0 fully saturated rings. The van der Waals surface area contributed by atoms with Crippen LogP contribution in [0, 0.1) is 0 Å². The van der Waals surface area contributed by atoms with Gasteiger partial charge in [0.1, 0.15) is 11.5 Å². The largest absolute Gasteiger partial charge is 0.497 e. The monoisotopic (exact) mass is 270 g/mol. The summed E-state index contributed by atoms with van der Waals surface area (Å²) in [6, 6.07) is 15.1. The molecule has 0 heterocycles. The van der Waals surface area contributed by atoms with Crippen LogP contribution < -0.4 is 9.47 Å². The second-order valence-electron chi connectivity index (χ2n) is 4.36. The zero-order valence-corrected chi connectivity index (χ0v) is 11.6. The van der Waals surface area contributed by atoms with E-state index in [-0.39, 0.29) is 0 Å². The molecule has 2 rings (SSSR count). The van der Waals surface area contributed by atoms with Crippen molar-refractivity contribution in [2.24, 2.45) is 0 Å². The second-order valence-corrected chi connectivity index (χ2v) is 4.36. The molecule has 0 radical (unpaired) electrons. The van der Waals surface area contributed by atoms with Crippen molar-refractivity contribution < 1.29 is 14.6 Å². The summed E-state index contributed by atoms with van der Waals surface area (Å²) in [7, 11) is 3.22. The number of aliphatic hydroxyl groups is 1. The molecule has 0 aromatic heterocycles. The van der Waals surface area contributed by atoms with Gasteiger partial charge in [0.25, 0.3) is 0 Å². The highest BCUT2D eigenvalue weighted by Crippen LogP contribution is 2.24. The molecule has 3 nitrogen and oxygen atoms in total. The van der Waals surface area contributed by atoms with Gasteiger partial charge in [-0.2, -0.15) is 0 Å². The zero-order chi connectivity index (χ0) is 14.4. The molecular formula is C17H18O3. The number of ether oxygens (including phenoxy) is 2. The van der Waals surface area contributed by atoms with E-state index in [9.17, 15) is 5.11 Å². The number of benzene rings is 2. The lowest BCUT2D eigenvalue weighted by molar-refractivity contribution is 0.229. The summed E-state index contributed by atoms with van der Waals surface area (Å²) in [5.41, 5.74) is 1.77. The summed E-state index contributed by atoms with van der Waals surface area (Å²) in [5.74, 6) is 1.44. The first-order chi connectivity index (χ1) is 9.72. The van der Waals surface area contributed by atoms with Crippen molar-refractivity contribution in [1.82, 2.24) is 0 Å². The van der Waals surface area contributed by atoms with E-state index in [0.29, 0.717) is 0 Å². The first-order valence-corrected chi connectivity index (χ1v) is 6.37. The average Bonchev–Trinajstić information content (AvgIpc) is 2.53. The van der Waals surface area contributed by atoms with Crippen LogP contribution in [0.3, 0.4) is 0 Å². The lowest BCUT2D eigenvalue weighted by Crippen LogP contribution is -1.92. The fraction of sp³-hybridized carbons (Fsp3) is 0.176. The summed E-state index contributed by atoms with van der Waals surface area (Å²) in [6.45, 7) is 0. The first kappa shape index (κ1) is 14.2. The number of hydrogen-bond acceptors (Lipinski definition) is 3. The van der Waals surface area contributed by atoms with Crippen LogP contribution in [-0.2, 0) is 0 Å². The average molecular weight is 270 g/mol. The van der Waals surface area contributed by atoms with Gasteiger partial charge in [0.2, 0.25) is 0 Å². The Morgan fingerprint density at radius 1 is 0.950 bits per heavy atom. The molecule has 0 bridgehead atoms. The Hall–Kier alpha value is -2.26. The molecule has 2 aromatic rings. The van der Waals surface area contributed by atoms with Crippen LogP contribution in [0.4, 0.5) is 0 Å². The smallest absolute Gasteiger partial charge is 0.123 e. The van der Waals surface area contributed by atoms with E-state index in [4.69, 9.17) is 9.47 Å². The molecule has 0 amide bonds. The zero-order valence-electron chi connectivity index (χ0n) is 11.6. The van der Waals surface area contributed by atoms with Crippen molar-refractivity contribution in [3.8, 4) is 11.5 Å². The molecule has 0 aliphatic heterocycles. The summed E-state index contributed by atoms with van der Waals surface area (Å²) < 4.78 is 10.4. The maximum absolute atomic E-state index is 10.1. The van der Waals surface area contributed by atoms with Crippen LogP contribution in [0.2, 0.25) is 0 Å². The van der Waals surface area contributed by atoms with Crippen LogP contribution in [0.5, 0.6) is 11.5 Å². The minimum Gasteiger partial charge on any atom is -0.497 e. The molecular weight excluding hydrogens is 252 g/mol. The van der Waals surface area contributed by atoms with Gasteiger partial charge in [0, 0.05) is 6.07 Å². The van der Waals surface area contributed by atoms with Gasteiger partial charge in [-0.15, -0.1) is 0 Å². The van der Waals surface area contributed by atoms with Gasteiger partial charge in [-0.3, -0.25) is 0 Å². The van der Waals surface area contributed by atoms with Gasteiger partial charge in [-0.05, 0) is 23.3 Å². The minimum atomic E-state index is -0.631. The topological polar surface area (TPSA) is 38.7 Å². The lowest BCUT2D eigenvalue weighted by Gasteiger charge is -2.07. The fourth-order valence-electron chi connectivity index (χ4n) is 1.89. The molecule has 1 atom stereocenters. The number of hydrogen-bond donors (Lipinski definition) is 1. The maximum Gasteiger partial charge on any atom is 0.123 e. The Morgan fingerprint density at radius 3 is 2.10 bits per heavy atom. The van der Waals surface area contributed by atoms with E-state index in [0.717, 1.165) is 22.6 Å². The fourth-order valence-corrected chi connectivity index (χ4v) is 1.89.